The molecule has 1 aliphatic rings. The molecule has 0 aromatic heterocycles. The average molecular weight is 425 g/mol. The molecule has 2 atom stereocenters. The van der Waals surface area contributed by atoms with Crippen LogP contribution in [-0.2, 0) is 4.74 Å². The van der Waals surface area contributed by atoms with E-state index in [0.717, 1.165) is 52.5 Å². The Labute approximate surface area is 189 Å². The molecule has 2 aromatic rings. The lowest BCUT2D eigenvalue weighted by molar-refractivity contribution is 0.0920. The summed E-state index contributed by atoms with van der Waals surface area (Å²) in [5.41, 5.74) is 2.74. The zero-order valence-corrected chi connectivity index (χ0v) is 19.8. The number of benzene rings is 2. The highest BCUT2D eigenvalue weighted by molar-refractivity contribution is 5.28. The van der Waals surface area contributed by atoms with Crippen LogP contribution in [0.5, 0.6) is 0 Å². The Balaban J connectivity index is 1.96. The molecule has 0 radical (unpaired) electrons. The molecule has 1 saturated heterocycles. The van der Waals surface area contributed by atoms with Crippen LogP contribution in [0.4, 0.5) is 0 Å². The number of hydrogen-bond donors (Lipinski definition) is 0. The number of hydrogen-bond acceptors (Lipinski definition) is 5. The summed E-state index contributed by atoms with van der Waals surface area (Å²) in [4.78, 5) is 9.82. The lowest BCUT2D eigenvalue weighted by Gasteiger charge is -2.41. The minimum atomic E-state index is 0.272. The Morgan fingerprint density at radius 3 is 1.32 bits per heavy atom. The molecule has 0 N–H and O–H groups in total. The van der Waals surface area contributed by atoms with Gasteiger partial charge in [-0.05, 0) is 39.3 Å². The quantitative estimate of drug-likeness (QED) is 0.736. The summed E-state index contributed by atoms with van der Waals surface area (Å²) in [6.45, 7) is 7.58. The smallest absolute Gasteiger partial charge is 0.0593 e. The zero-order valence-electron chi connectivity index (χ0n) is 19.8. The van der Waals surface area contributed by atoms with Crippen molar-refractivity contribution in [2.75, 3.05) is 80.7 Å². The first-order valence-corrected chi connectivity index (χ1v) is 11.5. The highest BCUT2D eigenvalue weighted by atomic mass is 16.5. The Morgan fingerprint density at radius 1 is 0.548 bits per heavy atom. The van der Waals surface area contributed by atoms with E-state index in [1.807, 2.05) is 0 Å². The van der Waals surface area contributed by atoms with Crippen molar-refractivity contribution in [3.63, 3.8) is 0 Å². The van der Waals surface area contributed by atoms with Gasteiger partial charge in [0.1, 0.15) is 0 Å². The van der Waals surface area contributed by atoms with Crippen LogP contribution < -0.4 is 0 Å². The summed E-state index contributed by atoms with van der Waals surface area (Å²) in [7, 11) is 8.94. The van der Waals surface area contributed by atoms with Gasteiger partial charge in [-0.1, -0.05) is 60.7 Å². The van der Waals surface area contributed by atoms with Gasteiger partial charge in [0.25, 0.3) is 0 Å². The standard InChI is InChI=1S/C26H40N4O/c1-27-15-17-29(3)25(23-11-7-5-8-12-23)26(24-13-9-6-10-14-24)30(4)18-16-28(2)20-22-31-21-19-27/h5-14,25-26H,15-22H2,1-4H3/t25-,26-/m0/s1. The van der Waals surface area contributed by atoms with Crippen LogP contribution in [0, 0.1) is 0 Å². The van der Waals surface area contributed by atoms with Crippen LogP contribution in [0.15, 0.2) is 60.7 Å². The van der Waals surface area contributed by atoms with Crippen molar-refractivity contribution in [1.29, 1.82) is 0 Å². The summed E-state index contributed by atoms with van der Waals surface area (Å²) < 4.78 is 5.87. The molecule has 0 bridgehead atoms. The van der Waals surface area contributed by atoms with Crippen molar-refractivity contribution in [2.45, 2.75) is 12.1 Å². The van der Waals surface area contributed by atoms with Crippen LogP contribution >= 0.6 is 0 Å². The molecule has 0 aliphatic carbocycles. The van der Waals surface area contributed by atoms with Crippen LogP contribution in [0.25, 0.3) is 0 Å². The van der Waals surface area contributed by atoms with Gasteiger partial charge in [-0.2, -0.15) is 0 Å². The normalized spacial score (nSPS) is 25.0. The third-order valence-electron chi connectivity index (χ3n) is 6.43. The van der Waals surface area contributed by atoms with Gasteiger partial charge < -0.3 is 14.5 Å². The number of likely N-dealkylation sites (N-methyl/N-ethyl adjacent to an activating group) is 4. The zero-order chi connectivity index (χ0) is 22.1. The summed E-state index contributed by atoms with van der Waals surface area (Å²) in [5.74, 6) is 0. The molecule has 1 aliphatic heterocycles. The lowest BCUT2D eigenvalue weighted by atomic mass is 9.91. The van der Waals surface area contributed by atoms with Gasteiger partial charge in [-0.25, -0.2) is 0 Å². The fourth-order valence-corrected chi connectivity index (χ4v) is 4.36. The first-order chi connectivity index (χ1) is 15.1. The fourth-order valence-electron chi connectivity index (χ4n) is 4.36. The molecule has 170 valence electrons. The maximum atomic E-state index is 5.87. The summed E-state index contributed by atoms with van der Waals surface area (Å²) in [6, 6.07) is 22.5. The molecule has 5 nitrogen and oxygen atoms in total. The summed E-state index contributed by atoms with van der Waals surface area (Å²) >= 11 is 0. The van der Waals surface area contributed by atoms with E-state index < -0.39 is 0 Å². The van der Waals surface area contributed by atoms with Crippen molar-refractivity contribution in [1.82, 2.24) is 19.6 Å². The van der Waals surface area contributed by atoms with Gasteiger partial charge in [0.05, 0.1) is 25.3 Å². The number of ether oxygens (including phenoxy) is 1. The first-order valence-electron chi connectivity index (χ1n) is 11.5. The molecular weight excluding hydrogens is 384 g/mol. The summed E-state index contributed by atoms with van der Waals surface area (Å²) in [5, 5.41) is 0. The van der Waals surface area contributed by atoms with Crippen molar-refractivity contribution in [3.8, 4) is 0 Å². The van der Waals surface area contributed by atoms with Gasteiger partial charge in [0.2, 0.25) is 0 Å². The highest BCUT2D eigenvalue weighted by Crippen LogP contribution is 2.37. The largest absolute Gasteiger partial charge is 0.379 e. The highest BCUT2D eigenvalue weighted by Gasteiger charge is 2.31. The van der Waals surface area contributed by atoms with E-state index in [1.54, 1.807) is 0 Å². The average Bonchev–Trinajstić information content (AvgIpc) is 2.80. The molecule has 5 heteroatoms. The van der Waals surface area contributed by atoms with Gasteiger partial charge in [0.15, 0.2) is 0 Å². The molecule has 2 aromatic carbocycles. The van der Waals surface area contributed by atoms with E-state index in [-0.39, 0.29) is 12.1 Å². The van der Waals surface area contributed by atoms with Crippen LogP contribution in [-0.4, -0.2) is 100 Å². The van der Waals surface area contributed by atoms with E-state index in [9.17, 15) is 0 Å². The van der Waals surface area contributed by atoms with E-state index >= 15 is 0 Å². The maximum absolute atomic E-state index is 5.87. The number of rotatable bonds is 2. The molecule has 0 unspecified atom stereocenters. The van der Waals surface area contributed by atoms with Gasteiger partial charge in [-0.3, -0.25) is 9.80 Å². The Hall–Kier alpha value is -1.76. The second-order valence-corrected chi connectivity index (χ2v) is 8.89. The fraction of sp³-hybridized carbons (Fsp3) is 0.538. The molecule has 31 heavy (non-hydrogen) atoms. The van der Waals surface area contributed by atoms with Gasteiger partial charge in [-0.15, -0.1) is 0 Å². The van der Waals surface area contributed by atoms with E-state index in [2.05, 4.69) is 108 Å². The minimum absolute atomic E-state index is 0.272. The first kappa shape index (κ1) is 23.9. The molecule has 0 spiro atoms. The summed E-state index contributed by atoms with van der Waals surface area (Å²) in [6.07, 6.45) is 0. The van der Waals surface area contributed by atoms with Crippen LogP contribution in [0.2, 0.25) is 0 Å². The SMILES string of the molecule is CN1CCOCCN(C)CCN(C)[C@@H](c2ccccc2)[C@H](c2ccccc2)N(C)CC1. The molecular formula is C26H40N4O. The predicted molar refractivity (Wildman–Crippen MR) is 129 cm³/mol. The maximum Gasteiger partial charge on any atom is 0.0593 e. The molecule has 0 amide bonds. The van der Waals surface area contributed by atoms with Crippen LogP contribution in [0.3, 0.4) is 0 Å². The van der Waals surface area contributed by atoms with Crippen molar-refractivity contribution in [2.24, 2.45) is 0 Å². The monoisotopic (exact) mass is 424 g/mol. The Kier molecular flexibility index (Phi) is 9.50. The second-order valence-electron chi connectivity index (χ2n) is 8.89. The number of nitrogens with zero attached hydrogens (tertiary/aromatic N) is 4. The molecule has 1 fully saturated rings. The Bertz CT molecular complexity index is 678. The minimum Gasteiger partial charge on any atom is -0.379 e. The van der Waals surface area contributed by atoms with Crippen molar-refractivity contribution >= 4 is 0 Å². The van der Waals surface area contributed by atoms with Gasteiger partial charge in [0, 0.05) is 39.3 Å². The predicted octanol–water partition coefficient (Wildman–Crippen LogP) is 3.23. The van der Waals surface area contributed by atoms with Gasteiger partial charge >= 0.3 is 0 Å². The van der Waals surface area contributed by atoms with E-state index in [0.29, 0.717) is 0 Å². The van der Waals surface area contributed by atoms with E-state index in [4.69, 9.17) is 4.74 Å². The molecule has 0 saturated carbocycles. The third kappa shape index (κ3) is 7.13. The van der Waals surface area contributed by atoms with Crippen LogP contribution in [0.1, 0.15) is 23.2 Å². The second kappa shape index (κ2) is 12.3. The van der Waals surface area contributed by atoms with Crippen molar-refractivity contribution < 1.29 is 4.74 Å². The molecule has 1 heterocycles. The Morgan fingerprint density at radius 2 is 0.935 bits per heavy atom. The van der Waals surface area contributed by atoms with Crippen molar-refractivity contribution in [3.05, 3.63) is 71.8 Å². The third-order valence-corrected chi connectivity index (χ3v) is 6.43. The van der Waals surface area contributed by atoms with E-state index in [1.165, 1.54) is 11.1 Å². The topological polar surface area (TPSA) is 22.2 Å². The lowest BCUT2D eigenvalue weighted by Crippen LogP contribution is -2.42. The molecule has 3 rings (SSSR count).